The fraction of sp³-hybridized carbons (Fsp3) is 0.0909. The van der Waals surface area contributed by atoms with E-state index in [9.17, 15) is 16.8 Å². The van der Waals surface area contributed by atoms with E-state index in [2.05, 4.69) is 0 Å². The summed E-state index contributed by atoms with van der Waals surface area (Å²) in [5.41, 5.74) is 0.959. The SMILES string of the molecule is CC1=Cc2c(ccc3c2C=CS3(=O)=O)S1(=O)=O. The molecule has 0 spiro atoms. The topological polar surface area (TPSA) is 68.3 Å². The van der Waals surface area contributed by atoms with Crippen molar-refractivity contribution in [3.05, 3.63) is 33.6 Å². The van der Waals surface area contributed by atoms with Gasteiger partial charge in [0.2, 0.25) is 9.84 Å². The lowest BCUT2D eigenvalue weighted by molar-refractivity contribution is 0.600. The van der Waals surface area contributed by atoms with Crippen LogP contribution in [-0.2, 0) is 19.7 Å². The van der Waals surface area contributed by atoms with Gasteiger partial charge in [0.1, 0.15) is 0 Å². The van der Waals surface area contributed by atoms with Crippen molar-refractivity contribution >= 4 is 31.8 Å². The second-order valence-electron chi connectivity index (χ2n) is 4.00. The van der Waals surface area contributed by atoms with Crippen molar-refractivity contribution in [1.29, 1.82) is 0 Å². The van der Waals surface area contributed by atoms with E-state index in [0.717, 1.165) is 5.41 Å². The largest absolute Gasteiger partial charge is 0.219 e. The molecule has 0 amide bonds. The fourth-order valence-corrected chi connectivity index (χ4v) is 4.61. The molecule has 0 bridgehead atoms. The zero-order valence-corrected chi connectivity index (χ0v) is 10.5. The average Bonchev–Trinajstić information content (AvgIpc) is 2.65. The Kier molecular flexibility index (Phi) is 1.82. The molecule has 17 heavy (non-hydrogen) atoms. The zero-order chi connectivity index (χ0) is 12.4. The number of benzene rings is 1. The molecule has 0 saturated heterocycles. The van der Waals surface area contributed by atoms with Gasteiger partial charge >= 0.3 is 0 Å². The van der Waals surface area contributed by atoms with Crippen molar-refractivity contribution in [1.82, 2.24) is 0 Å². The van der Waals surface area contributed by atoms with E-state index in [4.69, 9.17) is 0 Å². The Labute approximate surface area is 99.1 Å². The van der Waals surface area contributed by atoms with Crippen LogP contribution in [0.4, 0.5) is 0 Å². The lowest BCUT2D eigenvalue weighted by atomic mass is 10.1. The summed E-state index contributed by atoms with van der Waals surface area (Å²) in [5.74, 6) is 0. The molecule has 0 radical (unpaired) electrons. The van der Waals surface area contributed by atoms with Crippen LogP contribution in [0, 0.1) is 0 Å². The van der Waals surface area contributed by atoms with E-state index >= 15 is 0 Å². The Morgan fingerprint density at radius 3 is 2.29 bits per heavy atom. The average molecular weight is 268 g/mol. The highest BCUT2D eigenvalue weighted by Crippen LogP contribution is 2.40. The van der Waals surface area contributed by atoms with Crippen molar-refractivity contribution < 1.29 is 16.8 Å². The van der Waals surface area contributed by atoms with E-state index in [1.54, 1.807) is 0 Å². The van der Waals surface area contributed by atoms with Crippen LogP contribution < -0.4 is 0 Å². The molecular weight excluding hydrogens is 260 g/mol. The Balaban J connectivity index is 2.47. The van der Waals surface area contributed by atoms with Crippen LogP contribution in [0.2, 0.25) is 0 Å². The lowest BCUT2D eigenvalue weighted by Gasteiger charge is -2.04. The van der Waals surface area contributed by atoms with Crippen molar-refractivity contribution in [3.63, 3.8) is 0 Å². The number of sulfone groups is 2. The van der Waals surface area contributed by atoms with E-state index in [0.29, 0.717) is 11.1 Å². The highest BCUT2D eigenvalue weighted by atomic mass is 32.2. The summed E-state index contributed by atoms with van der Waals surface area (Å²) in [4.78, 5) is 0.617. The fourth-order valence-electron chi connectivity index (χ4n) is 2.08. The second kappa shape index (κ2) is 2.88. The van der Waals surface area contributed by atoms with Gasteiger partial charge in [0, 0.05) is 21.4 Å². The van der Waals surface area contributed by atoms with Crippen molar-refractivity contribution in [2.24, 2.45) is 0 Å². The van der Waals surface area contributed by atoms with Crippen LogP contribution in [0.1, 0.15) is 18.1 Å². The molecule has 2 aliphatic heterocycles. The van der Waals surface area contributed by atoms with Gasteiger partial charge < -0.3 is 0 Å². The van der Waals surface area contributed by atoms with Gasteiger partial charge in [-0.2, -0.15) is 0 Å². The summed E-state index contributed by atoms with van der Waals surface area (Å²) in [5, 5.41) is 1.10. The molecule has 1 aromatic carbocycles. The Hall–Kier alpha value is -1.40. The van der Waals surface area contributed by atoms with Gasteiger partial charge in [0.25, 0.3) is 0 Å². The first-order chi connectivity index (χ1) is 7.84. The van der Waals surface area contributed by atoms with Gasteiger partial charge in [-0.05, 0) is 31.2 Å². The third-order valence-electron chi connectivity index (χ3n) is 2.99. The second-order valence-corrected chi connectivity index (χ2v) is 7.89. The van der Waals surface area contributed by atoms with E-state index in [1.165, 1.54) is 31.2 Å². The highest BCUT2D eigenvalue weighted by Gasteiger charge is 2.32. The Morgan fingerprint density at radius 2 is 1.59 bits per heavy atom. The van der Waals surface area contributed by atoms with E-state index in [-0.39, 0.29) is 14.7 Å². The van der Waals surface area contributed by atoms with Crippen molar-refractivity contribution in [3.8, 4) is 0 Å². The predicted octanol–water partition coefficient (Wildman–Crippen LogP) is 1.59. The van der Waals surface area contributed by atoms with Gasteiger partial charge in [0.05, 0.1) is 9.79 Å². The molecule has 0 unspecified atom stereocenters. The van der Waals surface area contributed by atoms with Crippen LogP contribution in [0.3, 0.4) is 0 Å². The van der Waals surface area contributed by atoms with Crippen molar-refractivity contribution in [2.75, 3.05) is 0 Å². The number of fused-ring (bicyclic) bond motifs is 3. The summed E-state index contributed by atoms with van der Waals surface area (Å²) in [6.45, 7) is 1.51. The molecule has 4 nitrogen and oxygen atoms in total. The Bertz CT molecular complexity index is 809. The molecule has 6 heteroatoms. The summed E-state index contributed by atoms with van der Waals surface area (Å²) >= 11 is 0. The smallest absolute Gasteiger partial charge is 0.203 e. The minimum absolute atomic E-state index is 0.178. The summed E-state index contributed by atoms with van der Waals surface area (Å²) in [7, 11) is -6.80. The Morgan fingerprint density at radius 1 is 0.941 bits per heavy atom. The predicted molar refractivity (Wildman–Crippen MR) is 63.5 cm³/mol. The molecule has 0 N–H and O–H groups in total. The number of rotatable bonds is 0. The molecule has 88 valence electrons. The van der Waals surface area contributed by atoms with Crippen LogP contribution >= 0.6 is 0 Å². The molecule has 0 fully saturated rings. The van der Waals surface area contributed by atoms with E-state index < -0.39 is 19.7 Å². The van der Waals surface area contributed by atoms with Gasteiger partial charge in [-0.1, -0.05) is 0 Å². The summed E-state index contributed by atoms with van der Waals surface area (Å²) < 4.78 is 47.1. The van der Waals surface area contributed by atoms with Gasteiger partial charge in [-0.15, -0.1) is 0 Å². The quantitative estimate of drug-likeness (QED) is 0.716. The molecule has 2 heterocycles. The van der Waals surface area contributed by atoms with Gasteiger partial charge in [0.15, 0.2) is 9.84 Å². The maximum atomic E-state index is 11.9. The van der Waals surface area contributed by atoms with Crippen LogP contribution in [-0.4, -0.2) is 16.8 Å². The lowest BCUT2D eigenvalue weighted by Crippen LogP contribution is -2.00. The molecule has 2 aliphatic rings. The highest BCUT2D eigenvalue weighted by molar-refractivity contribution is 7.96. The molecular formula is C11H8O4S2. The maximum absolute atomic E-state index is 11.9. The normalized spacial score (nSPS) is 22.1. The first-order valence-electron chi connectivity index (χ1n) is 4.87. The molecule has 0 aliphatic carbocycles. The van der Waals surface area contributed by atoms with Gasteiger partial charge in [-0.3, -0.25) is 0 Å². The number of allylic oxidation sites excluding steroid dienone is 1. The third kappa shape index (κ3) is 1.22. The van der Waals surface area contributed by atoms with Crippen molar-refractivity contribution in [2.45, 2.75) is 16.7 Å². The van der Waals surface area contributed by atoms with Crippen LogP contribution in [0.25, 0.3) is 12.2 Å². The molecule has 0 atom stereocenters. The molecule has 3 rings (SSSR count). The third-order valence-corrected chi connectivity index (χ3v) is 6.35. The van der Waals surface area contributed by atoms with Gasteiger partial charge in [-0.25, -0.2) is 16.8 Å². The first kappa shape index (κ1) is 10.7. The summed E-state index contributed by atoms with van der Waals surface area (Å²) in [6, 6.07) is 2.72. The minimum atomic E-state index is -3.41. The number of hydrogen-bond donors (Lipinski definition) is 0. The van der Waals surface area contributed by atoms with Crippen LogP contribution in [0.5, 0.6) is 0 Å². The first-order valence-corrected chi connectivity index (χ1v) is 7.90. The minimum Gasteiger partial charge on any atom is -0.219 e. The summed E-state index contributed by atoms with van der Waals surface area (Å²) in [6.07, 6.45) is 2.97. The molecule has 0 aromatic heterocycles. The number of hydrogen-bond acceptors (Lipinski definition) is 4. The monoisotopic (exact) mass is 268 g/mol. The van der Waals surface area contributed by atoms with Crippen LogP contribution in [0.15, 0.2) is 32.2 Å². The van der Waals surface area contributed by atoms with E-state index in [1.807, 2.05) is 0 Å². The zero-order valence-electron chi connectivity index (χ0n) is 8.84. The molecule has 0 saturated carbocycles. The standard InChI is InChI=1S/C11H8O4S2/c1-7-6-9-8-4-5-16(12,13)10(8)2-3-11(9)17(7,14)15/h2-6H,1H3. The molecule has 1 aromatic rings. The maximum Gasteiger partial charge on any atom is 0.203 e.